The number of rotatable bonds is 5. The average Bonchev–Trinajstić information content (AvgIpc) is 2.53. The standard InChI is InChI=1S/C16H18O5/c17-14(20-12-13-6-2-1-3-7-13)9-10-15(18)21-16-8-4-5-11-19-16/h1-3,6-7,9-10,16H,4-5,8,11-12H2/b10-9-. The second kappa shape index (κ2) is 8.21. The van der Waals surface area contributed by atoms with Gasteiger partial charge in [-0.1, -0.05) is 30.3 Å². The van der Waals surface area contributed by atoms with Crippen molar-refractivity contribution in [2.75, 3.05) is 6.61 Å². The van der Waals surface area contributed by atoms with Crippen LogP contribution in [0.15, 0.2) is 42.5 Å². The molecule has 5 nitrogen and oxygen atoms in total. The Labute approximate surface area is 123 Å². The van der Waals surface area contributed by atoms with E-state index < -0.39 is 18.2 Å². The van der Waals surface area contributed by atoms with Crippen LogP contribution in [-0.2, 0) is 30.4 Å². The highest BCUT2D eigenvalue weighted by atomic mass is 16.7. The van der Waals surface area contributed by atoms with Gasteiger partial charge in [0.25, 0.3) is 0 Å². The third kappa shape index (κ3) is 5.79. The molecule has 5 heteroatoms. The van der Waals surface area contributed by atoms with Crippen molar-refractivity contribution < 1.29 is 23.8 Å². The minimum atomic E-state index is -0.599. The largest absolute Gasteiger partial charge is 0.458 e. The third-order valence-electron chi connectivity index (χ3n) is 2.96. The van der Waals surface area contributed by atoms with Gasteiger partial charge in [0, 0.05) is 18.6 Å². The molecule has 1 aliphatic rings. The van der Waals surface area contributed by atoms with Gasteiger partial charge in [0.15, 0.2) is 0 Å². The van der Waals surface area contributed by atoms with Gasteiger partial charge >= 0.3 is 11.9 Å². The minimum absolute atomic E-state index is 0.171. The van der Waals surface area contributed by atoms with Crippen molar-refractivity contribution >= 4 is 11.9 Å². The smallest absolute Gasteiger partial charge is 0.333 e. The summed E-state index contributed by atoms with van der Waals surface area (Å²) in [5.74, 6) is -1.18. The number of ether oxygens (including phenoxy) is 3. The van der Waals surface area contributed by atoms with Gasteiger partial charge < -0.3 is 14.2 Å². The highest BCUT2D eigenvalue weighted by Gasteiger charge is 2.16. The average molecular weight is 290 g/mol. The summed E-state index contributed by atoms with van der Waals surface area (Å²) >= 11 is 0. The molecule has 1 aliphatic heterocycles. The predicted molar refractivity (Wildman–Crippen MR) is 75.1 cm³/mol. The van der Waals surface area contributed by atoms with Gasteiger partial charge in [-0.05, 0) is 18.4 Å². The van der Waals surface area contributed by atoms with Crippen molar-refractivity contribution in [1.82, 2.24) is 0 Å². The number of carbonyl (C=O) groups is 2. The summed E-state index contributed by atoms with van der Waals surface area (Å²) in [4.78, 5) is 23.0. The fourth-order valence-electron chi connectivity index (χ4n) is 1.89. The quantitative estimate of drug-likeness (QED) is 0.615. The molecule has 1 unspecified atom stereocenters. The first-order chi connectivity index (χ1) is 10.2. The normalized spacial score (nSPS) is 18.4. The molecule has 0 N–H and O–H groups in total. The van der Waals surface area contributed by atoms with Crippen LogP contribution in [0.25, 0.3) is 0 Å². The van der Waals surface area contributed by atoms with E-state index in [0.717, 1.165) is 30.6 Å². The van der Waals surface area contributed by atoms with E-state index >= 15 is 0 Å². The number of hydrogen-bond acceptors (Lipinski definition) is 5. The van der Waals surface area contributed by atoms with E-state index in [0.29, 0.717) is 13.0 Å². The topological polar surface area (TPSA) is 61.8 Å². The van der Waals surface area contributed by atoms with Gasteiger partial charge in [0.2, 0.25) is 6.29 Å². The van der Waals surface area contributed by atoms with Crippen LogP contribution in [-0.4, -0.2) is 24.8 Å². The molecule has 1 atom stereocenters. The molecular weight excluding hydrogens is 272 g/mol. The Morgan fingerprint density at radius 1 is 1.14 bits per heavy atom. The number of esters is 2. The van der Waals surface area contributed by atoms with Gasteiger partial charge in [0.1, 0.15) is 6.61 Å². The van der Waals surface area contributed by atoms with Gasteiger partial charge in [-0.3, -0.25) is 0 Å². The second-order valence-corrected chi connectivity index (χ2v) is 4.66. The zero-order valence-corrected chi connectivity index (χ0v) is 11.7. The molecule has 1 aromatic rings. The van der Waals surface area contributed by atoms with Crippen LogP contribution < -0.4 is 0 Å². The summed E-state index contributed by atoms with van der Waals surface area (Å²) in [5, 5.41) is 0. The molecule has 0 saturated carbocycles. The molecule has 0 spiro atoms. The lowest BCUT2D eigenvalue weighted by molar-refractivity contribution is -0.181. The molecule has 2 rings (SSSR count). The van der Waals surface area contributed by atoms with Crippen LogP contribution in [0.1, 0.15) is 24.8 Å². The Bertz CT molecular complexity index is 489. The van der Waals surface area contributed by atoms with Crippen LogP contribution in [0.3, 0.4) is 0 Å². The molecule has 21 heavy (non-hydrogen) atoms. The second-order valence-electron chi connectivity index (χ2n) is 4.66. The SMILES string of the molecule is O=C(/C=C\C(=O)OC1CCCCO1)OCc1ccccc1. The molecule has 1 aromatic carbocycles. The zero-order chi connectivity index (χ0) is 14.9. The monoisotopic (exact) mass is 290 g/mol. The van der Waals surface area contributed by atoms with E-state index in [9.17, 15) is 9.59 Å². The number of benzene rings is 1. The molecular formula is C16H18O5. The molecule has 0 bridgehead atoms. The minimum Gasteiger partial charge on any atom is -0.458 e. The highest BCUT2D eigenvalue weighted by Crippen LogP contribution is 2.13. The molecule has 0 aliphatic carbocycles. The maximum atomic E-state index is 11.5. The summed E-state index contributed by atoms with van der Waals surface area (Å²) < 4.78 is 15.3. The predicted octanol–water partition coefficient (Wildman–Crippen LogP) is 2.36. The van der Waals surface area contributed by atoms with Crippen LogP contribution in [0.2, 0.25) is 0 Å². The van der Waals surface area contributed by atoms with E-state index in [1.807, 2.05) is 30.3 Å². The van der Waals surface area contributed by atoms with Crippen LogP contribution in [0.4, 0.5) is 0 Å². The summed E-state index contributed by atoms with van der Waals surface area (Å²) in [6, 6.07) is 9.31. The Kier molecular flexibility index (Phi) is 5.97. The summed E-state index contributed by atoms with van der Waals surface area (Å²) in [7, 11) is 0. The molecule has 0 amide bonds. The molecule has 0 radical (unpaired) electrons. The van der Waals surface area contributed by atoms with Gasteiger partial charge in [0.05, 0.1) is 6.61 Å². The fraction of sp³-hybridized carbons (Fsp3) is 0.375. The summed E-state index contributed by atoms with van der Waals surface area (Å²) in [5.41, 5.74) is 0.887. The van der Waals surface area contributed by atoms with Gasteiger partial charge in [-0.2, -0.15) is 0 Å². The number of hydrogen-bond donors (Lipinski definition) is 0. The van der Waals surface area contributed by atoms with Gasteiger partial charge in [-0.15, -0.1) is 0 Å². The van der Waals surface area contributed by atoms with E-state index in [-0.39, 0.29) is 6.61 Å². The summed E-state index contributed by atoms with van der Waals surface area (Å²) in [6.45, 7) is 0.769. The van der Waals surface area contributed by atoms with Crippen LogP contribution in [0.5, 0.6) is 0 Å². The zero-order valence-electron chi connectivity index (χ0n) is 11.7. The Morgan fingerprint density at radius 2 is 1.90 bits per heavy atom. The fourth-order valence-corrected chi connectivity index (χ4v) is 1.89. The lowest BCUT2D eigenvalue weighted by Crippen LogP contribution is -2.24. The van der Waals surface area contributed by atoms with E-state index in [1.165, 1.54) is 0 Å². The van der Waals surface area contributed by atoms with E-state index in [1.54, 1.807) is 0 Å². The first kappa shape index (κ1) is 15.3. The molecule has 112 valence electrons. The maximum Gasteiger partial charge on any atom is 0.333 e. The van der Waals surface area contributed by atoms with Crippen LogP contribution in [0, 0.1) is 0 Å². The van der Waals surface area contributed by atoms with Crippen molar-refractivity contribution in [3.05, 3.63) is 48.0 Å². The van der Waals surface area contributed by atoms with Crippen LogP contribution >= 0.6 is 0 Å². The van der Waals surface area contributed by atoms with Crippen molar-refractivity contribution in [3.63, 3.8) is 0 Å². The Balaban J connectivity index is 1.69. The lowest BCUT2D eigenvalue weighted by Gasteiger charge is -2.21. The van der Waals surface area contributed by atoms with E-state index in [2.05, 4.69) is 0 Å². The molecule has 1 fully saturated rings. The lowest BCUT2D eigenvalue weighted by atomic mass is 10.2. The molecule has 1 heterocycles. The van der Waals surface area contributed by atoms with Crippen molar-refractivity contribution in [2.45, 2.75) is 32.2 Å². The summed E-state index contributed by atoms with van der Waals surface area (Å²) in [6.07, 6.45) is 4.27. The molecule has 1 saturated heterocycles. The van der Waals surface area contributed by atoms with Crippen molar-refractivity contribution in [2.24, 2.45) is 0 Å². The number of carbonyl (C=O) groups excluding carboxylic acids is 2. The van der Waals surface area contributed by atoms with Crippen molar-refractivity contribution in [1.29, 1.82) is 0 Å². The Morgan fingerprint density at radius 3 is 2.62 bits per heavy atom. The first-order valence-corrected chi connectivity index (χ1v) is 6.95. The van der Waals surface area contributed by atoms with E-state index in [4.69, 9.17) is 14.2 Å². The van der Waals surface area contributed by atoms with Gasteiger partial charge in [-0.25, -0.2) is 9.59 Å². The maximum absolute atomic E-state index is 11.5. The third-order valence-corrected chi connectivity index (χ3v) is 2.96. The van der Waals surface area contributed by atoms with Crippen molar-refractivity contribution in [3.8, 4) is 0 Å². The first-order valence-electron chi connectivity index (χ1n) is 6.95. The highest BCUT2D eigenvalue weighted by molar-refractivity contribution is 5.91. The Hall–Kier alpha value is -2.14. The molecule has 0 aromatic heterocycles.